The fourth-order valence-electron chi connectivity index (χ4n) is 2.76. The van der Waals surface area contributed by atoms with Crippen LogP contribution in [-0.4, -0.2) is 17.1 Å². The first-order valence-corrected chi connectivity index (χ1v) is 7.56. The smallest absolute Gasteiger partial charge is 0.170 e. The molecule has 0 spiro atoms. The molecule has 0 atom stereocenters. The largest absolute Gasteiger partial charge is 0.409 e. The van der Waals surface area contributed by atoms with Crippen LogP contribution >= 0.6 is 11.6 Å². The van der Waals surface area contributed by atoms with E-state index >= 15 is 0 Å². The molecule has 2 fully saturated rings. The molecule has 0 aromatic heterocycles. The summed E-state index contributed by atoms with van der Waals surface area (Å²) in [4.78, 5) is 0. The van der Waals surface area contributed by atoms with Crippen LogP contribution in [0.3, 0.4) is 0 Å². The Morgan fingerprint density at radius 2 is 2.00 bits per heavy atom. The van der Waals surface area contributed by atoms with E-state index in [9.17, 15) is 0 Å². The standard InChI is InChI=1S/C15H20ClN3O/c16-13-7-11(15(17)19-20)5-6-12(13)8-18-14(9-1-2-9)10-3-4-10/h5-7,9-10,14,18,20H,1-4,8H2,(H2,17,19). The molecule has 0 heterocycles. The second kappa shape index (κ2) is 5.62. The molecule has 3 rings (SSSR count). The quantitative estimate of drug-likeness (QED) is 0.327. The lowest BCUT2D eigenvalue weighted by Gasteiger charge is -2.18. The minimum atomic E-state index is 0.0836. The van der Waals surface area contributed by atoms with Crippen molar-refractivity contribution in [2.75, 3.05) is 0 Å². The minimum Gasteiger partial charge on any atom is -0.409 e. The second-order valence-electron chi connectivity index (χ2n) is 5.87. The van der Waals surface area contributed by atoms with Gasteiger partial charge >= 0.3 is 0 Å². The van der Waals surface area contributed by atoms with Crippen LogP contribution in [0.15, 0.2) is 23.4 Å². The number of hydrogen-bond donors (Lipinski definition) is 3. The summed E-state index contributed by atoms with van der Waals surface area (Å²) in [5, 5.41) is 16.0. The molecule has 0 saturated heterocycles. The van der Waals surface area contributed by atoms with E-state index in [0.717, 1.165) is 23.9 Å². The van der Waals surface area contributed by atoms with Gasteiger partial charge in [-0.3, -0.25) is 0 Å². The van der Waals surface area contributed by atoms with Crippen molar-refractivity contribution >= 4 is 17.4 Å². The molecule has 1 aromatic carbocycles. The molecule has 2 aliphatic rings. The van der Waals surface area contributed by atoms with Crippen LogP contribution in [0, 0.1) is 11.8 Å². The zero-order valence-electron chi connectivity index (χ0n) is 11.3. The van der Waals surface area contributed by atoms with E-state index in [1.165, 1.54) is 25.7 Å². The normalized spacial score (nSPS) is 19.6. The number of benzene rings is 1. The van der Waals surface area contributed by atoms with Gasteiger partial charge in [-0.2, -0.15) is 0 Å². The Labute approximate surface area is 124 Å². The van der Waals surface area contributed by atoms with E-state index in [1.807, 2.05) is 12.1 Å². The average molecular weight is 294 g/mol. The van der Waals surface area contributed by atoms with Crippen molar-refractivity contribution in [2.45, 2.75) is 38.3 Å². The Kier molecular flexibility index (Phi) is 3.85. The predicted molar refractivity (Wildman–Crippen MR) is 80.0 cm³/mol. The molecular weight excluding hydrogens is 274 g/mol. The number of halogens is 1. The van der Waals surface area contributed by atoms with Crippen LogP contribution in [0.5, 0.6) is 0 Å². The lowest BCUT2D eigenvalue weighted by molar-refractivity contribution is 0.318. The third kappa shape index (κ3) is 3.07. The van der Waals surface area contributed by atoms with Gasteiger partial charge in [-0.25, -0.2) is 0 Å². The Morgan fingerprint density at radius 1 is 1.35 bits per heavy atom. The molecule has 0 aliphatic heterocycles. The van der Waals surface area contributed by atoms with Gasteiger partial charge < -0.3 is 16.3 Å². The van der Waals surface area contributed by atoms with Gasteiger partial charge in [0, 0.05) is 23.2 Å². The maximum atomic E-state index is 8.67. The van der Waals surface area contributed by atoms with Gasteiger partial charge in [0.15, 0.2) is 5.84 Å². The molecule has 4 nitrogen and oxygen atoms in total. The third-order valence-corrected chi connectivity index (χ3v) is 4.60. The highest BCUT2D eigenvalue weighted by atomic mass is 35.5. The van der Waals surface area contributed by atoms with Gasteiger partial charge in [-0.15, -0.1) is 0 Å². The van der Waals surface area contributed by atoms with Crippen molar-refractivity contribution in [1.82, 2.24) is 5.32 Å². The van der Waals surface area contributed by atoms with Crippen LogP contribution in [-0.2, 0) is 6.54 Å². The SMILES string of the molecule is N/C(=N/O)c1ccc(CNC(C2CC2)C2CC2)c(Cl)c1. The summed E-state index contributed by atoms with van der Waals surface area (Å²) in [7, 11) is 0. The van der Waals surface area contributed by atoms with Crippen LogP contribution in [0.25, 0.3) is 0 Å². The summed E-state index contributed by atoms with van der Waals surface area (Å²) in [6.45, 7) is 0.785. The summed E-state index contributed by atoms with van der Waals surface area (Å²) in [6.07, 6.45) is 5.46. The first kappa shape index (κ1) is 13.7. The third-order valence-electron chi connectivity index (χ3n) is 4.24. The fraction of sp³-hybridized carbons (Fsp3) is 0.533. The van der Waals surface area contributed by atoms with Crippen LogP contribution < -0.4 is 11.1 Å². The number of rotatable bonds is 6. The molecule has 1 aromatic rings. The molecule has 108 valence electrons. The first-order chi connectivity index (χ1) is 9.69. The van der Waals surface area contributed by atoms with Gasteiger partial charge in [0.2, 0.25) is 0 Å². The van der Waals surface area contributed by atoms with Crippen molar-refractivity contribution < 1.29 is 5.21 Å². The van der Waals surface area contributed by atoms with Gasteiger partial charge in [-0.1, -0.05) is 28.9 Å². The summed E-state index contributed by atoms with van der Waals surface area (Å²) < 4.78 is 0. The maximum Gasteiger partial charge on any atom is 0.170 e. The minimum absolute atomic E-state index is 0.0836. The van der Waals surface area contributed by atoms with Crippen molar-refractivity contribution in [3.05, 3.63) is 34.3 Å². The van der Waals surface area contributed by atoms with Crippen molar-refractivity contribution in [2.24, 2.45) is 22.7 Å². The predicted octanol–water partition coefficient (Wildman–Crippen LogP) is 2.71. The summed E-state index contributed by atoms with van der Waals surface area (Å²) in [6, 6.07) is 6.19. The summed E-state index contributed by atoms with van der Waals surface area (Å²) >= 11 is 6.27. The van der Waals surface area contributed by atoms with E-state index in [2.05, 4.69) is 10.5 Å². The number of nitrogens with one attached hydrogen (secondary N) is 1. The summed E-state index contributed by atoms with van der Waals surface area (Å²) in [5.41, 5.74) is 7.26. The van der Waals surface area contributed by atoms with Crippen molar-refractivity contribution in [3.8, 4) is 0 Å². The molecule has 2 aliphatic carbocycles. The molecule has 0 bridgehead atoms. The zero-order chi connectivity index (χ0) is 14.1. The van der Waals surface area contributed by atoms with Gasteiger partial charge in [-0.05, 0) is 49.1 Å². The Bertz CT molecular complexity index is 512. The van der Waals surface area contributed by atoms with Gasteiger partial charge in [0.1, 0.15) is 0 Å². The molecule has 2 saturated carbocycles. The highest BCUT2D eigenvalue weighted by Gasteiger charge is 2.40. The Balaban J connectivity index is 1.64. The molecule has 0 unspecified atom stereocenters. The van der Waals surface area contributed by atoms with Gasteiger partial charge in [0.05, 0.1) is 0 Å². The van der Waals surface area contributed by atoms with Crippen molar-refractivity contribution in [1.29, 1.82) is 0 Å². The molecule has 5 heteroatoms. The molecule has 0 amide bonds. The number of hydrogen-bond acceptors (Lipinski definition) is 3. The first-order valence-electron chi connectivity index (χ1n) is 7.18. The van der Waals surface area contributed by atoms with E-state index < -0.39 is 0 Å². The lowest BCUT2D eigenvalue weighted by atomic mass is 10.1. The van der Waals surface area contributed by atoms with Gasteiger partial charge in [0.25, 0.3) is 0 Å². The number of nitrogens with zero attached hydrogens (tertiary/aromatic N) is 1. The average Bonchev–Trinajstić information content (AvgIpc) is 3.32. The van der Waals surface area contributed by atoms with E-state index in [-0.39, 0.29) is 5.84 Å². The van der Waals surface area contributed by atoms with E-state index in [1.54, 1.807) is 6.07 Å². The zero-order valence-corrected chi connectivity index (χ0v) is 12.1. The van der Waals surface area contributed by atoms with E-state index in [0.29, 0.717) is 16.6 Å². The second-order valence-corrected chi connectivity index (χ2v) is 6.28. The van der Waals surface area contributed by atoms with Crippen LogP contribution in [0.1, 0.15) is 36.8 Å². The topological polar surface area (TPSA) is 70.6 Å². The molecular formula is C15H20ClN3O. The fourth-order valence-corrected chi connectivity index (χ4v) is 3.01. The number of nitrogens with two attached hydrogens (primary N) is 1. The van der Waals surface area contributed by atoms with Crippen LogP contribution in [0.4, 0.5) is 0 Å². The highest BCUT2D eigenvalue weighted by Crippen LogP contribution is 2.44. The Hall–Kier alpha value is -1.26. The molecule has 20 heavy (non-hydrogen) atoms. The van der Waals surface area contributed by atoms with Crippen LogP contribution in [0.2, 0.25) is 5.02 Å². The number of amidine groups is 1. The number of oxime groups is 1. The lowest BCUT2D eigenvalue weighted by Crippen LogP contribution is -2.32. The molecule has 4 N–H and O–H groups in total. The Morgan fingerprint density at radius 3 is 2.50 bits per heavy atom. The maximum absolute atomic E-state index is 8.67. The molecule has 0 radical (unpaired) electrons. The monoisotopic (exact) mass is 293 g/mol. The van der Waals surface area contributed by atoms with Crippen molar-refractivity contribution in [3.63, 3.8) is 0 Å². The highest BCUT2D eigenvalue weighted by molar-refractivity contribution is 6.31. The summed E-state index contributed by atoms with van der Waals surface area (Å²) in [5.74, 6) is 1.83. The van der Waals surface area contributed by atoms with E-state index in [4.69, 9.17) is 22.5 Å².